The lowest BCUT2D eigenvalue weighted by Gasteiger charge is -2.08. The second-order valence-electron chi connectivity index (χ2n) is 3.94. The molecule has 0 saturated heterocycles. The summed E-state index contributed by atoms with van der Waals surface area (Å²) >= 11 is 2.68. The van der Waals surface area contributed by atoms with E-state index < -0.39 is 0 Å². The van der Waals surface area contributed by atoms with E-state index in [1.165, 1.54) is 29.4 Å². The first-order valence-electron chi connectivity index (χ1n) is 6.23. The third-order valence-electron chi connectivity index (χ3n) is 2.57. The van der Waals surface area contributed by atoms with Crippen LogP contribution in [0.3, 0.4) is 0 Å². The molecule has 1 aromatic heterocycles. The maximum atomic E-state index is 14.0. The van der Waals surface area contributed by atoms with E-state index in [2.05, 4.69) is 14.7 Å². The molecule has 1 aromatic carbocycles. The van der Waals surface area contributed by atoms with Crippen molar-refractivity contribution in [2.45, 2.75) is 36.0 Å². The number of rotatable bonds is 6. The minimum absolute atomic E-state index is 0.200. The molecule has 0 amide bonds. The predicted molar refractivity (Wildman–Crippen MR) is 77.2 cm³/mol. The molecule has 102 valence electrons. The van der Waals surface area contributed by atoms with Gasteiger partial charge in [-0.1, -0.05) is 37.7 Å². The molecule has 0 fully saturated rings. The van der Waals surface area contributed by atoms with Crippen molar-refractivity contribution in [1.82, 2.24) is 14.7 Å². The van der Waals surface area contributed by atoms with Gasteiger partial charge < -0.3 is 5.32 Å². The van der Waals surface area contributed by atoms with Crippen LogP contribution in [-0.4, -0.2) is 15.9 Å². The van der Waals surface area contributed by atoms with Gasteiger partial charge in [0.05, 0.1) is 4.90 Å². The van der Waals surface area contributed by atoms with Crippen LogP contribution in [0, 0.1) is 5.82 Å². The smallest absolute Gasteiger partial charge is 0.174 e. The highest BCUT2D eigenvalue weighted by Gasteiger charge is 2.12. The number of nitrogens with one attached hydrogen (secondary N) is 1. The third kappa shape index (κ3) is 3.75. The fourth-order valence-electron chi connectivity index (χ4n) is 1.58. The molecule has 6 heteroatoms. The second-order valence-corrected chi connectivity index (χ2v) is 5.95. The number of aryl methyl sites for hydroxylation is 1. The summed E-state index contributed by atoms with van der Waals surface area (Å²) in [6.45, 7) is 5.57. The maximum Gasteiger partial charge on any atom is 0.174 e. The van der Waals surface area contributed by atoms with Gasteiger partial charge >= 0.3 is 0 Å². The summed E-state index contributed by atoms with van der Waals surface area (Å²) in [7, 11) is 0. The zero-order valence-electron chi connectivity index (χ0n) is 10.9. The van der Waals surface area contributed by atoms with Crippen LogP contribution in [-0.2, 0) is 13.0 Å². The van der Waals surface area contributed by atoms with Crippen molar-refractivity contribution in [2.75, 3.05) is 6.54 Å². The van der Waals surface area contributed by atoms with Crippen molar-refractivity contribution in [1.29, 1.82) is 0 Å². The van der Waals surface area contributed by atoms with Gasteiger partial charge in [-0.25, -0.2) is 9.37 Å². The Morgan fingerprint density at radius 2 is 2.21 bits per heavy atom. The van der Waals surface area contributed by atoms with E-state index in [0.29, 0.717) is 11.4 Å². The highest BCUT2D eigenvalue weighted by atomic mass is 32.2. The first kappa shape index (κ1) is 14.4. The van der Waals surface area contributed by atoms with Crippen LogP contribution in [0.25, 0.3) is 0 Å². The van der Waals surface area contributed by atoms with Gasteiger partial charge in [0.25, 0.3) is 0 Å². The molecule has 0 unspecified atom stereocenters. The predicted octanol–water partition coefficient (Wildman–Crippen LogP) is 3.50. The van der Waals surface area contributed by atoms with Gasteiger partial charge in [0.1, 0.15) is 11.6 Å². The Balaban J connectivity index is 2.22. The van der Waals surface area contributed by atoms with Crippen LogP contribution in [0.15, 0.2) is 27.4 Å². The van der Waals surface area contributed by atoms with E-state index in [-0.39, 0.29) is 5.82 Å². The Labute approximate surface area is 120 Å². The standard InChI is InChI=1S/C13H16FN3S2/c1-3-11-16-13(19-17-11)18-12-9(8-15-4-2)6-5-7-10(12)14/h5-7,15H,3-4,8H2,1-2H3. The molecule has 1 N–H and O–H groups in total. The SMILES string of the molecule is CCNCc1cccc(F)c1Sc1nc(CC)ns1. The second kappa shape index (κ2) is 6.98. The quantitative estimate of drug-likeness (QED) is 0.885. The Morgan fingerprint density at radius 3 is 2.89 bits per heavy atom. The number of hydrogen-bond acceptors (Lipinski definition) is 5. The summed E-state index contributed by atoms with van der Waals surface area (Å²) in [5, 5.41) is 3.22. The highest BCUT2D eigenvalue weighted by molar-refractivity contribution is 8.01. The maximum absolute atomic E-state index is 14.0. The van der Waals surface area contributed by atoms with Gasteiger partial charge in [0, 0.05) is 13.0 Å². The molecule has 0 aliphatic rings. The molecule has 2 rings (SSSR count). The summed E-state index contributed by atoms with van der Waals surface area (Å²) < 4.78 is 19.0. The van der Waals surface area contributed by atoms with Gasteiger partial charge in [0.2, 0.25) is 0 Å². The van der Waals surface area contributed by atoms with Crippen LogP contribution in [0.5, 0.6) is 0 Å². The van der Waals surface area contributed by atoms with E-state index in [1.807, 2.05) is 19.9 Å². The normalized spacial score (nSPS) is 10.9. The molecule has 0 radical (unpaired) electrons. The van der Waals surface area contributed by atoms with Gasteiger partial charge in [-0.2, -0.15) is 4.37 Å². The first-order chi connectivity index (χ1) is 9.24. The number of aromatic nitrogens is 2. The van der Waals surface area contributed by atoms with Gasteiger partial charge in [0.15, 0.2) is 4.34 Å². The average molecular weight is 297 g/mol. The first-order valence-corrected chi connectivity index (χ1v) is 7.82. The Kier molecular flexibility index (Phi) is 5.30. The molecular weight excluding hydrogens is 281 g/mol. The summed E-state index contributed by atoms with van der Waals surface area (Å²) in [6, 6.07) is 5.17. The van der Waals surface area contributed by atoms with E-state index >= 15 is 0 Å². The molecule has 0 bridgehead atoms. The number of halogens is 1. The fourth-order valence-corrected chi connectivity index (χ4v) is 3.35. The van der Waals surface area contributed by atoms with Gasteiger partial charge in [-0.15, -0.1) is 0 Å². The molecule has 1 heterocycles. The van der Waals surface area contributed by atoms with Crippen molar-refractivity contribution in [2.24, 2.45) is 0 Å². The highest BCUT2D eigenvalue weighted by Crippen LogP contribution is 2.33. The monoisotopic (exact) mass is 297 g/mol. The molecule has 19 heavy (non-hydrogen) atoms. The molecule has 0 aliphatic heterocycles. The van der Waals surface area contributed by atoms with E-state index in [0.717, 1.165) is 28.7 Å². The number of benzene rings is 1. The number of hydrogen-bond donors (Lipinski definition) is 1. The largest absolute Gasteiger partial charge is 0.313 e. The molecule has 3 nitrogen and oxygen atoms in total. The van der Waals surface area contributed by atoms with Crippen molar-refractivity contribution in [3.8, 4) is 0 Å². The average Bonchev–Trinajstić information content (AvgIpc) is 2.87. The summed E-state index contributed by atoms with van der Waals surface area (Å²) in [6.07, 6.45) is 0.804. The molecule has 0 saturated carbocycles. The van der Waals surface area contributed by atoms with Crippen LogP contribution in [0.2, 0.25) is 0 Å². The minimum atomic E-state index is -0.200. The third-order valence-corrected chi connectivity index (χ3v) is 4.52. The van der Waals surface area contributed by atoms with Crippen molar-refractivity contribution in [3.63, 3.8) is 0 Å². The molecular formula is C13H16FN3S2. The fraction of sp³-hybridized carbons (Fsp3) is 0.385. The van der Waals surface area contributed by atoms with Gasteiger partial charge in [-0.05, 0) is 29.7 Å². The lowest BCUT2D eigenvalue weighted by Crippen LogP contribution is -2.12. The van der Waals surface area contributed by atoms with Crippen LogP contribution in [0.1, 0.15) is 25.2 Å². The van der Waals surface area contributed by atoms with Crippen LogP contribution in [0.4, 0.5) is 4.39 Å². The molecule has 0 atom stereocenters. The van der Waals surface area contributed by atoms with E-state index in [1.54, 1.807) is 6.07 Å². The number of nitrogens with zero attached hydrogens (tertiary/aromatic N) is 2. The van der Waals surface area contributed by atoms with Crippen LogP contribution >= 0.6 is 23.3 Å². The van der Waals surface area contributed by atoms with E-state index in [9.17, 15) is 4.39 Å². The lowest BCUT2D eigenvalue weighted by molar-refractivity contribution is 0.591. The Bertz CT molecular complexity index is 542. The molecule has 0 aliphatic carbocycles. The Hall–Kier alpha value is -0.980. The molecule has 2 aromatic rings. The van der Waals surface area contributed by atoms with Crippen molar-refractivity contribution in [3.05, 3.63) is 35.4 Å². The van der Waals surface area contributed by atoms with Crippen molar-refractivity contribution < 1.29 is 4.39 Å². The molecule has 0 spiro atoms. The van der Waals surface area contributed by atoms with E-state index in [4.69, 9.17) is 0 Å². The summed E-state index contributed by atoms with van der Waals surface area (Å²) in [5.41, 5.74) is 0.958. The zero-order valence-corrected chi connectivity index (χ0v) is 12.6. The van der Waals surface area contributed by atoms with Crippen LogP contribution < -0.4 is 5.32 Å². The summed E-state index contributed by atoms with van der Waals surface area (Å²) in [5.74, 6) is 0.616. The Morgan fingerprint density at radius 1 is 1.37 bits per heavy atom. The van der Waals surface area contributed by atoms with Gasteiger partial charge in [-0.3, -0.25) is 0 Å². The summed E-state index contributed by atoms with van der Waals surface area (Å²) in [4.78, 5) is 5.01. The zero-order chi connectivity index (χ0) is 13.7. The minimum Gasteiger partial charge on any atom is -0.313 e. The van der Waals surface area contributed by atoms with Crippen molar-refractivity contribution >= 4 is 23.3 Å². The lowest BCUT2D eigenvalue weighted by atomic mass is 10.2. The topological polar surface area (TPSA) is 37.8 Å².